The van der Waals surface area contributed by atoms with Crippen molar-refractivity contribution < 1.29 is 13.9 Å². The number of nitrogens with zero attached hydrogens (tertiary/aromatic N) is 7. The van der Waals surface area contributed by atoms with Gasteiger partial charge in [0.1, 0.15) is 29.9 Å². The molecule has 11 heteroatoms. The summed E-state index contributed by atoms with van der Waals surface area (Å²) in [5.74, 6) is -1.53. The van der Waals surface area contributed by atoms with Gasteiger partial charge in [-0.25, -0.2) is 23.1 Å². The minimum Gasteiger partial charge on any atom is -0.381 e. The summed E-state index contributed by atoms with van der Waals surface area (Å²) in [6.07, 6.45) is 2.77. The lowest BCUT2D eigenvalue weighted by Gasteiger charge is -2.42. The van der Waals surface area contributed by atoms with Gasteiger partial charge in [-0.05, 0) is 13.0 Å². The quantitative estimate of drug-likeness (QED) is 0.689. The third-order valence-corrected chi connectivity index (χ3v) is 5.54. The molecule has 0 amide bonds. The van der Waals surface area contributed by atoms with Crippen LogP contribution in [-0.2, 0) is 25.2 Å². The Morgan fingerprint density at radius 1 is 1.32 bits per heavy atom. The number of benzene rings is 1. The summed E-state index contributed by atoms with van der Waals surface area (Å²) in [5.41, 5.74) is -0.990. The van der Waals surface area contributed by atoms with Gasteiger partial charge in [0.2, 0.25) is 0 Å². The highest BCUT2D eigenvalue weighted by atomic mass is 35.5. The van der Waals surface area contributed by atoms with Crippen LogP contribution in [0.3, 0.4) is 0 Å². The van der Waals surface area contributed by atoms with Gasteiger partial charge in [0.15, 0.2) is 5.15 Å². The molecule has 1 aliphatic rings. The molecule has 0 aliphatic carbocycles. The molecule has 0 saturated carbocycles. The van der Waals surface area contributed by atoms with E-state index in [1.807, 2.05) is 4.90 Å². The van der Waals surface area contributed by atoms with E-state index in [-0.39, 0.29) is 12.1 Å². The molecule has 2 atom stereocenters. The van der Waals surface area contributed by atoms with Crippen LogP contribution in [0.1, 0.15) is 18.2 Å². The monoisotopic (exact) mass is 409 g/mol. The largest absolute Gasteiger partial charge is 0.381 e. The lowest BCUT2D eigenvalue weighted by molar-refractivity contribution is -0.0710. The molecule has 0 bridgehead atoms. The molecule has 3 aromatic rings. The number of rotatable bonds is 5. The topological polar surface area (TPSA) is 84.9 Å². The summed E-state index contributed by atoms with van der Waals surface area (Å²) in [7, 11) is 0. The molecular formula is C17H18ClF2N7O. The molecule has 8 nitrogen and oxygen atoms in total. The second kappa shape index (κ2) is 7.19. The van der Waals surface area contributed by atoms with Gasteiger partial charge in [0, 0.05) is 30.8 Å². The molecule has 2 aromatic heterocycles. The molecule has 1 aromatic carbocycles. The standard InChI is InChI=1S/C17H18ClF2N7O/c1-11(25-4-5-27-15(7-25)16(18)23-24-27)17(28,8-26-10-21-9-22-26)13-3-2-12(19)6-14(13)20/h2-3,6,9-11,28H,4-5,7-8H2,1H3/t11-,17-/m1/s1. The zero-order chi connectivity index (χ0) is 19.9. The third-order valence-electron chi connectivity index (χ3n) is 5.25. The lowest BCUT2D eigenvalue weighted by Crippen LogP contribution is -2.53. The molecule has 4 rings (SSSR count). The molecule has 28 heavy (non-hydrogen) atoms. The number of hydrogen-bond donors (Lipinski definition) is 1. The number of halogens is 3. The SMILES string of the molecule is C[C@@H](N1CCn2nnc(Cl)c2C1)[C@](O)(Cn1cncn1)c1ccc(F)cc1F. The third kappa shape index (κ3) is 3.27. The Labute approximate surface area is 164 Å². The van der Waals surface area contributed by atoms with Crippen molar-refractivity contribution in [1.82, 2.24) is 34.7 Å². The summed E-state index contributed by atoms with van der Waals surface area (Å²) >= 11 is 6.11. The normalized spacial score (nSPS) is 17.9. The van der Waals surface area contributed by atoms with Crippen molar-refractivity contribution in [2.75, 3.05) is 6.54 Å². The maximum atomic E-state index is 14.6. The Balaban J connectivity index is 1.71. The van der Waals surface area contributed by atoms with Crippen LogP contribution in [0.25, 0.3) is 0 Å². The van der Waals surface area contributed by atoms with Crippen molar-refractivity contribution in [1.29, 1.82) is 0 Å². The van der Waals surface area contributed by atoms with E-state index >= 15 is 0 Å². The fraction of sp³-hybridized carbons (Fsp3) is 0.412. The number of fused-ring (bicyclic) bond motifs is 1. The first kappa shape index (κ1) is 18.9. The highest BCUT2D eigenvalue weighted by molar-refractivity contribution is 6.29. The van der Waals surface area contributed by atoms with Crippen LogP contribution in [0.2, 0.25) is 5.15 Å². The Bertz CT molecular complexity index is 980. The van der Waals surface area contributed by atoms with Crippen LogP contribution in [0.4, 0.5) is 8.78 Å². The number of aromatic nitrogens is 6. The first-order chi connectivity index (χ1) is 13.4. The van der Waals surface area contributed by atoms with Crippen molar-refractivity contribution in [3.8, 4) is 0 Å². The molecular weight excluding hydrogens is 392 g/mol. The molecule has 1 aliphatic heterocycles. The summed E-state index contributed by atoms with van der Waals surface area (Å²) in [6.45, 7) is 3.20. The molecule has 1 N–H and O–H groups in total. The van der Waals surface area contributed by atoms with Crippen molar-refractivity contribution in [3.05, 3.63) is 58.9 Å². The van der Waals surface area contributed by atoms with Crippen molar-refractivity contribution in [2.24, 2.45) is 0 Å². The van der Waals surface area contributed by atoms with Crippen LogP contribution >= 0.6 is 11.6 Å². The van der Waals surface area contributed by atoms with E-state index in [2.05, 4.69) is 20.4 Å². The highest BCUT2D eigenvalue weighted by Crippen LogP contribution is 2.34. The Morgan fingerprint density at radius 3 is 2.86 bits per heavy atom. The van der Waals surface area contributed by atoms with Gasteiger partial charge in [-0.2, -0.15) is 5.10 Å². The van der Waals surface area contributed by atoms with E-state index in [0.29, 0.717) is 24.8 Å². The van der Waals surface area contributed by atoms with Gasteiger partial charge >= 0.3 is 0 Å². The minimum atomic E-state index is -1.70. The first-order valence-electron chi connectivity index (χ1n) is 8.70. The fourth-order valence-corrected chi connectivity index (χ4v) is 3.80. The van der Waals surface area contributed by atoms with E-state index in [9.17, 15) is 13.9 Å². The van der Waals surface area contributed by atoms with Crippen LogP contribution in [0, 0.1) is 11.6 Å². The maximum absolute atomic E-state index is 14.6. The van der Waals surface area contributed by atoms with Gasteiger partial charge < -0.3 is 5.11 Å². The van der Waals surface area contributed by atoms with E-state index in [0.717, 1.165) is 17.8 Å². The second-order valence-electron chi connectivity index (χ2n) is 6.84. The van der Waals surface area contributed by atoms with Crippen molar-refractivity contribution in [2.45, 2.75) is 38.2 Å². The summed E-state index contributed by atoms with van der Waals surface area (Å²) in [5, 5.41) is 23.8. The van der Waals surface area contributed by atoms with Crippen molar-refractivity contribution >= 4 is 11.6 Å². The van der Waals surface area contributed by atoms with Gasteiger partial charge in [-0.3, -0.25) is 4.90 Å². The smallest absolute Gasteiger partial charge is 0.175 e. The zero-order valence-electron chi connectivity index (χ0n) is 15.0. The maximum Gasteiger partial charge on any atom is 0.175 e. The van der Waals surface area contributed by atoms with Gasteiger partial charge in [-0.15, -0.1) is 5.10 Å². The zero-order valence-corrected chi connectivity index (χ0v) is 15.8. The van der Waals surface area contributed by atoms with Crippen LogP contribution in [0.5, 0.6) is 0 Å². The predicted molar refractivity (Wildman–Crippen MR) is 95.2 cm³/mol. The van der Waals surface area contributed by atoms with E-state index < -0.39 is 23.3 Å². The van der Waals surface area contributed by atoms with Crippen LogP contribution in [-0.4, -0.2) is 52.4 Å². The molecule has 0 spiro atoms. The molecule has 0 unspecified atom stereocenters. The van der Waals surface area contributed by atoms with E-state index in [1.165, 1.54) is 23.4 Å². The number of aliphatic hydroxyl groups is 1. The minimum absolute atomic E-state index is 0.0137. The highest BCUT2D eigenvalue weighted by Gasteiger charge is 2.43. The Hall–Kier alpha value is -2.43. The Kier molecular flexibility index (Phi) is 4.86. The molecule has 148 valence electrons. The number of hydrogen-bond acceptors (Lipinski definition) is 6. The fourth-order valence-electron chi connectivity index (χ4n) is 3.61. The lowest BCUT2D eigenvalue weighted by atomic mass is 9.85. The Morgan fingerprint density at radius 2 is 2.14 bits per heavy atom. The van der Waals surface area contributed by atoms with Gasteiger partial charge in [0.05, 0.1) is 18.8 Å². The summed E-state index contributed by atoms with van der Waals surface area (Å²) < 4.78 is 31.2. The van der Waals surface area contributed by atoms with Crippen molar-refractivity contribution in [3.63, 3.8) is 0 Å². The van der Waals surface area contributed by atoms with Gasteiger partial charge in [0.25, 0.3) is 0 Å². The summed E-state index contributed by atoms with van der Waals surface area (Å²) in [4.78, 5) is 5.84. The van der Waals surface area contributed by atoms with E-state index in [1.54, 1.807) is 11.6 Å². The average Bonchev–Trinajstić information content (AvgIpc) is 3.30. The average molecular weight is 410 g/mol. The molecule has 0 fully saturated rings. The predicted octanol–water partition coefficient (Wildman–Crippen LogP) is 1.59. The molecule has 0 saturated heterocycles. The first-order valence-corrected chi connectivity index (χ1v) is 9.08. The van der Waals surface area contributed by atoms with Crippen LogP contribution in [0.15, 0.2) is 30.9 Å². The summed E-state index contributed by atoms with van der Waals surface area (Å²) in [6, 6.07) is 2.60. The molecule has 0 radical (unpaired) electrons. The molecule has 3 heterocycles. The second-order valence-corrected chi connectivity index (χ2v) is 7.20. The van der Waals surface area contributed by atoms with Crippen LogP contribution < -0.4 is 0 Å². The van der Waals surface area contributed by atoms with E-state index in [4.69, 9.17) is 11.6 Å². The van der Waals surface area contributed by atoms with Gasteiger partial charge in [-0.1, -0.05) is 22.9 Å².